The Kier molecular flexibility index (Phi) is 7.25. The van der Waals surface area contributed by atoms with E-state index in [9.17, 15) is 9.59 Å². The van der Waals surface area contributed by atoms with Crippen LogP contribution in [0, 0.1) is 0 Å². The average Bonchev–Trinajstić information content (AvgIpc) is 2.66. The molecule has 2 rings (SSSR count). The van der Waals surface area contributed by atoms with Crippen molar-refractivity contribution in [1.29, 1.82) is 0 Å². The van der Waals surface area contributed by atoms with Gasteiger partial charge in [-0.3, -0.25) is 4.79 Å². The van der Waals surface area contributed by atoms with E-state index >= 15 is 0 Å². The van der Waals surface area contributed by atoms with Crippen LogP contribution in [0.4, 0.5) is 5.69 Å². The van der Waals surface area contributed by atoms with Gasteiger partial charge in [0.15, 0.2) is 6.10 Å². The minimum atomic E-state index is -1.00. The Hall–Kier alpha value is -2.99. The average molecular weight is 390 g/mol. The molecule has 0 aromatic heterocycles. The van der Waals surface area contributed by atoms with Crippen LogP contribution in [-0.4, -0.2) is 32.2 Å². The smallest absolute Gasteiger partial charge is 0.331 e. The van der Waals surface area contributed by atoms with Crippen LogP contribution in [-0.2, 0) is 14.3 Å². The number of benzene rings is 2. The molecule has 0 spiro atoms. The summed E-state index contributed by atoms with van der Waals surface area (Å²) >= 11 is 5.89. The maximum absolute atomic E-state index is 12.3. The van der Waals surface area contributed by atoms with Crippen LogP contribution in [0.1, 0.15) is 12.5 Å². The van der Waals surface area contributed by atoms with E-state index in [1.165, 1.54) is 27.2 Å². The van der Waals surface area contributed by atoms with Crippen LogP contribution in [0.3, 0.4) is 0 Å². The van der Waals surface area contributed by atoms with Crippen LogP contribution >= 0.6 is 11.6 Å². The molecule has 0 aliphatic carbocycles. The third kappa shape index (κ3) is 6.04. The lowest BCUT2D eigenvalue weighted by atomic mass is 10.2. The minimum Gasteiger partial charge on any atom is -0.497 e. The van der Waals surface area contributed by atoms with Crippen molar-refractivity contribution in [3.8, 4) is 11.5 Å². The maximum Gasteiger partial charge on any atom is 0.331 e. The number of carbonyl (C=O) groups excluding carboxylic acids is 2. The van der Waals surface area contributed by atoms with E-state index < -0.39 is 18.0 Å². The van der Waals surface area contributed by atoms with Crippen LogP contribution in [0.15, 0.2) is 48.5 Å². The molecule has 2 aromatic rings. The third-order valence-corrected chi connectivity index (χ3v) is 3.82. The van der Waals surface area contributed by atoms with E-state index in [1.807, 2.05) is 0 Å². The van der Waals surface area contributed by atoms with Gasteiger partial charge in [0, 0.05) is 17.2 Å². The Labute approximate surface area is 162 Å². The number of carbonyl (C=O) groups is 2. The quantitative estimate of drug-likeness (QED) is 0.573. The van der Waals surface area contributed by atoms with Gasteiger partial charge in [-0.05, 0) is 42.8 Å². The first-order valence-electron chi connectivity index (χ1n) is 8.10. The predicted octanol–water partition coefficient (Wildman–Crippen LogP) is 3.94. The first-order valence-corrected chi connectivity index (χ1v) is 8.48. The zero-order chi connectivity index (χ0) is 19.8. The highest BCUT2D eigenvalue weighted by atomic mass is 35.5. The summed E-state index contributed by atoms with van der Waals surface area (Å²) in [4.78, 5) is 24.2. The molecule has 27 heavy (non-hydrogen) atoms. The number of anilines is 1. The number of ether oxygens (including phenoxy) is 3. The Morgan fingerprint density at radius 1 is 1.11 bits per heavy atom. The minimum absolute atomic E-state index is 0.416. The van der Waals surface area contributed by atoms with E-state index in [0.717, 1.165) is 5.56 Å². The van der Waals surface area contributed by atoms with Crippen LogP contribution in [0.5, 0.6) is 11.5 Å². The summed E-state index contributed by atoms with van der Waals surface area (Å²) < 4.78 is 15.5. The fraction of sp³-hybridized carbons (Fsp3) is 0.200. The molecule has 0 heterocycles. The second-order valence-corrected chi connectivity index (χ2v) is 5.96. The Morgan fingerprint density at radius 3 is 2.56 bits per heavy atom. The topological polar surface area (TPSA) is 73.9 Å². The molecule has 6 nitrogen and oxygen atoms in total. The second kappa shape index (κ2) is 9.64. The lowest BCUT2D eigenvalue weighted by molar-refractivity contribution is -0.148. The van der Waals surface area contributed by atoms with Gasteiger partial charge in [0.05, 0.1) is 19.9 Å². The number of hydrogen-bond donors (Lipinski definition) is 1. The summed E-state index contributed by atoms with van der Waals surface area (Å²) in [6.07, 6.45) is 1.79. The number of esters is 1. The highest BCUT2D eigenvalue weighted by Gasteiger charge is 2.18. The van der Waals surface area contributed by atoms with Gasteiger partial charge in [0.1, 0.15) is 11.5 Å². The van der Waals surface area contributed by atoms with E-state index in [0.29, 0.717) is 22.2 Å². The largest absolute Gasteiger partial charge is 0.497 e. The molecule has 0 aliphatic rings. The molecule has 2 aromatic carbocycles. The molecule has 1 amide bonds. The predicted molar refractivity (Wildman–Crippen MR) is 104 cm³/mol. The number of nitrogens with one attached hydrogen (secondary N) is 1. The summed E-state index contributed by atoms with van der Waals surface area (Å²) in [6, 6.07) is 12.0. The van der Waals surface area contributed by atoms with E-state index in [2.05, 4.69) is 5.32 Å². The van der Waals surface area contributed by atoms with Crippen LogP contribution in [0.25, 0.3) is 6.08 Å². The van der Waals surface area contributed by atoms with Crippen molar-refractivity contribution in [2.45, 2.75) is 13.0 Å². The van der Waals surface area contributed by atoms with E-state index in [1.54, 1.807) is 48.5 Å². The zero-order valence-electron chi connectivity index (χ0n) is 15.2. The van der Waals surface area contributed by atoms with Crippen molar-refractivity contribution in [3.63, 3.8) is 0 Å². The van der Waals surface area contributed by atoms with Gasteiger partial charge in [0.2, 0.25) is 0 Å². The van der Waals surface area contributed by atoms with Gasteiger partial charge in [-0.25, -0.2) is 4.79 Å². The van der Waals surface area contributed by atoms with E-state index in [4.69, 9.17) is 25.8 Å². The van der Waals surface area contributed by atoms with Gasteiger partial charge in [-0.15, -0.1) is 0 Å². The molecule has 7 heteroatoms. The standard InChI is InChI=1S/C20H20ClNO5/c1-13(27-19(23)10-7-14-5-4-6-15(21)11-14)20(24)22-17-12-16(25-2)8-9-18(17)26-3/h4-13H,1-3H3,(H,22,24)/b10-7+. The molecule has 0 bridgehead atoms. The molecule has 0 saturated heterocycles. The number of methoxy groups -OCH3 is 2. The van der Waals surface area contributed by atoms with Gasteiger partial charge in [-0.1, -0.05) is 23.7 Å². The molecule has 1 atom stereocenters. The van der Waals surface area contributed by atoms with Gasteiger partial charge in [0.25, 0.3) is 5.91 Å². The maximum atomic E-state index is 12.3. The van der Waals surface area contributed by atoms with Crippen molar-refractivity contribution in [2.24, 2.45) is 0 Å². The molecule has 0 radical (unpaired) electrons. The second-order valence-electron chi connectivity index (χ2n) is 5.52. The highest BCUT2D eigenvalue weighted by Crippen LogP contribution is 2.29. The fourth-order valence-electron chi connectivity index (χ4n) is 2.19. The normalized spacial score (nSPS) is 11.7. The summed E-state index contributed by atoms with van der Waals surface area (Å²) in [5.41, 5.74) is 1.16. The van der Waals surface area contributed by atoms with Crippen molar-refractivity contribution in [3.05, 3.63) is 59.1 Å². The summed E-state index contributed by atoms with van der Waals surface area (Å²) in [6.45, 7) is 1.48. The van der Waals surface area contributed by atoms with Crippen molar-refractivity contribution >= 4 is 35.2 Å². The van der Waals surface area contributed by atoms with Crippen molar-refractivity contribution < 1.29 is 23.8 Å². The Bertz CT molecular complexity index is 850. The van der Waals surface area contributed by atoms with Gasteiger partial charge < -0.3 is 19.5 Å². The molecule has 1 N–H and O–H groups in total. The van der Waals surface area contributed by atoms with E-state index in [-0.39, 0.29) is 0 Å². The lowest BCUT2D eigenvalue weighted by Crippen LogP contribution is -2.29. The lowest BCUT2D eigenvalue weighted by Gasteiger charge is -2.15. The molecule has 142 valence electrons. The van der Waals surface area contributed by atoms with Crippen molar-refractivity contribution in [2.75, 3.05) is 19.5 Å². The highest BCUT2D eigenvalue weighted by molar-refractivity contribution is 6.30. The summed E-state index contributed by atoms with van der Waals surface area (Å²) in [5, 5.41) is 3.22. The van der Waals surface area contributed by atoms with Crippen LogP contribution < -0.4 is 14.8 Å². The molecule has 1 unspecified atom stereocenters. The summed E-state index contributed by atoms with van der Waals surface area (Å²) in [7, 11) is 3.01. The van der Waals surface area contributed by atoms with Gasteiger partial charge in [-0.2, -0.15) is 0 Å². The monoisotopic (exact) mass is 389 g/mol. The SMILES string of the molecule is COc1ccc(OC)c(NC(=O)C(C)OC(=O)/C=C/c2cccc(Cl)c2)c1. The first kappa shape index (κ1) is 20.3. The molecule has 0 aliphatic heterocycles. The zero-order valence-corrected chi connectivity index (χ0v) is 15.9. The third-order valence-electron chi connectivity index (χ3n) is 3.59. The first-order chi connectivity index (χ1) is 12.9. The molecule has 0 saturated carbocycles. The number of hydrogen-bond acceptors (Lipinski definition) is 5. The number of halogens is 1. The summed E-state index contributed by atoms with van der Waals surface area (Å²) in [5.74, 6) is -0.120. The molecular formula is C20H20ClNO5. The Morgan fingerprint density at radius 2 is 1.89 bits per heavy atom. The van der Waals surface area contributed by atoms with Gasteiger partial charge >= 0.3 is 5.97 Å². The fourth-order valence-corrected chi connectivity index (χ4v) is 2.39. The Balaban J connectivity index is 1.98. The van der Waals surface area contributed by atoms with Crippen molar-refractivity contribution in [1.82, 2.24) is 0 Å². The van der Waals surface area contributed by atoms with Crippen LogP contribution in [0.2, 0.25) is 5.02 Å². The molecule has 0 fully saturated rings. The number of amides is 1. The molecular weight excluding hydrogens is 370 g/mol. The number of rotatable bonds is 7.